The highest BCUT2D eigenvalue weighted by Gasteiger charge is 2.29. The fourth-order valence-corrected chi connectivity index (χ4v) is 2.70. The minimum absolute atomic E-state index is 0.108. The van der Waals surface area contributed by atoms with Crippen molar-refractivity contribution >= 4 is 5.91 Å². The molecule has 2 unspecified atom stereocenters. The Bertz CT molecular complexity index is 709. The van der Waals surface area contributed by atoms with Gasteiger partial charge in [-0.25, -0.2) is 0 Å². The normalized spacial score (nSPS) is 19.3. The Balaban J connectivity index is 1.60. The van der Waals surface area contributed by atoms with Crippen LogP contribution in [0.2, 0.25) is 0 Å². The van der Waals surface area contributed by atoms with E-state index in [1.165, 1.54) is 0 Å². The lowest BCUT2D eigenvalue weighted by atomic mass is 9.95. The van der Waals surface area contributed by atoms with Gasteiger partial charge in [0.2, 0.25) is 5.91 Å². The molecule has 3 rings (SSSR count). The summed E-state index contributed by atoms with van der Waals surface area (Å²) >= 11 is 0. The predicted octanol–water partition coefficient (Wildman–Crippen LogP) is 0.995. The molecule has 2 N–H and O–H groups in total. The minimum Gasteiger partial charge on any atom is -0.492 e. The van der Waals surface area contributed by atoms with Gasteiger partial charge in [0.1, 0.15) is 18.0 Å². The molecule has 0 saturated heterocycles. The second-order valence-electron chi connectivity index (χ2n) is 6.21. The summed E-state index contributed by atoms with van der Waals surface area (Å²) < 4.78 is 7.26. The van der Waals surface area contributed by atoms with Crippen molar-refractivity contribution in [1.82, 2.24) is 15.1 Å². The number of hydrogen-bond acceptors (Lipinski definition) is 4. The van der Waals surface area contributed by atoms with Gasteiger partial charge in [-0.3, -0.25) is 9.48 Å². The summed E-state index contributed by atoms with van der Waals surface area (Å²) in [5.41, 5.74) is 0.556. The Hall–Kier alpha value is -2.34. The smallest absolute Gasteiger partial charge is 0.227 e. The molecule has 0 spiro atoms. The standard InChI is InChI=1S/C17H21N3O3/c1-17(22,14-8-19-20(2)9-14)11-18-16(21)13-7-12-5-3-4-6-15(12)23-10-13/h3-6,8-9,13,22H,7,10-11H2,1-2H3,(H,18,21). The highest BCUT2D eigenvalue weighted by Crippen LogP contribution is 2.27. The Labute approximate surface area is 135 Å². The van der Waals surface area contributed by atoms with E-state index in [1.54, 1.807) is 31.0 Å². The van der Waals surface area contributed by atoms with Gasteiger partial charge >= 0.3 is 0 Å². The van der Waals surface area contributed by atoms with Crippen LogP contribution in [-0.4, -0.2) is 33.9 Å². The quantitative estimate of drug-likeness (QED) is 0.882. The van der Waals surface area contributed by atoms with Gasteiger partial charge in [0.25, 0.3) is 0 Å². The van der Waals surface area contributed by atoms with Crippen LogP contribution in [-0.2, 0) is 23.9 Å². The third-order valence-corrected chi connectivity index (χ3v) is 4.18. The molecule has 0 aliphatic carbocycles. The van der Waals surface area contributed by atoms with Gasteiger partial charge in [-0.1, -0.05) is 18.2 Å². The van der Waals surface area contributed by atoms with Crippen molar-refractivity contribution in [2.24, 2.45) is 13.0 Å². The third-order valence-electron chi connectivity index (χ3n) is 4.18. The maximum Gasteiger partial charge on any atom is 0.227 e. The summed E-state index contributed by atoms with van der Waals surface area (Å²) in [7, 11) is 1.79. The minimum atomic E-state index is -1.16. The molecule has 2 aromatic rings. The maximum absolute atomic E-state index is 12.4. The summed E-state index contributed by atoms with van der Waals surface area (Å²) in [4.78, 5) is 12.4. The number of aliphatic hydroxyl groups is 1. The van der Waals surface area contributed by atoms with Crippen LogP contribution >= 0.6 is 0 Å². The van der Waals surface area contributed by atoms with E-state index in [1.807, 2.05) is 24.3 Å². The van der Waals surface area contributed by atoms with Crippen LogP contribution in [0.4, 0.5) is 0 Å². The lowest BCUT2D eigenvalue weighted by Crippen LogP contribution is -2.43. The number of aryl methyl sites for hydroxylation is 1. The number of amides is 1. The van der Waals surface area contributed by atoms with E-state index in [0.717, 1.165) is 11.3 Å². The van der Waals surface area contributed by atoms with Gasteiger partial charge in [0, 0.05) is 18.8 Å². The SMILES string of the molecule is Cn1cc(C(C)(O)CNC(=O)C2COc3ccccc3C2)cn1. The summed E-state index contributed by atoms with van der Waals surface area (Å²) in [6, 6.07) is 7.75. The number of nitrogens with zero attached hydrogens (tertiary/aromatic N) is 2. The molecule has 0 bridgehead atoms. The predicted molar refractivity (Wildman–Crippen MR) is 84.9 cm³/mol. The van der Waals surface area contributed by atoms with E-state index >= 15 is 0 Å². The number of fused-ring (bicyclic) bond motifs is 1. The molecule has 23 heavy (non-hydrogen) atoms. The van der Waals surface area contributed by atoms with Crippen molar-refractivity contribution in [2.45, 2.75) is 18.9 Å². The molecule has 2 heterocycles. The highest BCUT2D eigenvalue weighted by atomic mass is 16.5. The third kappa shape index (κ3) is 3.37. The number of ether oxygens (including phenoxy) is 1. The largest absolute Gasteiger partial charge is 0.492 e. The topological polar surface area (TPSA) is 76.4 Å². The molecule has 6 nitrogen and oxygen atoms in total. The number of carbonyl (C=O) groups is 1. The van der Waals surface area contributed by atoms with E-state index in [0.29, 0.717) is 18.6 Å². The molecule has 0 saturated carbocycles. The van der Waals surface area contributed by atoms with Crippen molar-refractivity contribution in [1.29, 1.82) is 0 Å². The van der Waals surface area contributed by atoms with Gasteiger partial charge in [0.05, 0.1) is 18.7 Å². The molecule has 1 amide bonds. The van der Waals surface area contributed by atoms with Crippen molar-refractivity contribution in [3.05, 3.63) is 47.8 Å². The zero-order valence-electron chi connectivity index (χ0n) is 13.3. The van der Waals surface area contributed by atoms with Crippen LogP contribution in [0.5, 0.6) is 5.75 Å². The van der Waals surface area contributed by atoms with Crippen LogP contribution in [0, 0.1) is 5.92 Å². The fourth-order valence-electron chi connectivity index (χ4n) is 2.70. The number of nitrogens with one attached hydrogen (secondary N) is 1. The van der Waals surface area contributed by atoms with Crippen LogP contribution in [0.3, 0.4) is 0 Å². The first kappa shape index (κ1) is 15.6. The molecule has 2 atom stereocenters. The zero-order chi connectivity index (χ0) is 16.4. The number of benzene rings is 1. The fraction of sp³-hybridized carbons (Fsp3) is 0.412. The summed E-state index contributed by atoms with van der Waals surface area (Å²) in [5, 5.41) is 17.4. The number of carbonyl (C=O) groups excluding carboxylic acids is 1. The molecule has 0 fully saturated rings. The van der Waals surface area contributed by atoms with Gasteiger partial charge < -0.3 is 15.2 Å². The van der Waals surface area contributed by atoms with Gasteiger partial charge in [0.15, 0.2) is 0 Å². The van der Waals surface area contributed by atoms with Crippen molar-refractivity contribution in [3.8, 4) is 5.75 Å². The summed E-state index contributed by atoms with van der Waals surface area (Å²) in [6.45, 7) is 2.16. The Morgan fingerprint density at radius 1 is 1.52 bits per heavy atom. The highest BCUT2D eigenvalue weighted by molar-refractivity contribution is 5.79. The maximum atomic E-state index is 12.4. The van der Waals surface area contributed by atoms with Gasteiger partial charge in [-0.15, -0.1) is 0 Å². The second-order valence-corrected chi connectivity index (χ2v) is 6.21. The van der Waals surface area contributed by atoms with E-state index in [-0.39, 0.29) is 18.4 Å². The first-order chi connectivity index (χ1) is 11.0. The molecule has 122 valence electrons. The summed E-state index contributed by atoms with van der Waals surface area (Å²) in [5.74, 6) is 0.497. The Kier molecular flexibility index (Phi) is 4.09. The number of rotatable bonds is 4. The molecular formula is C17H21N3O3. The first-order valence-corrected chi connectivity index (χ1v) is 7.65. The Morgan fingerprint density at radius 3 is 3.04 bits per heavy atom. The lowest BCUT2D eigenvalue weighted by molar-refractivity contribution is -0.127. The monoisotopic (exact) mass is 315 g/mol. The van der Waals surface area contributed by atoms with Crippen LogP contribution in [0.25, 0.3) is 0 Å². The molecular weight excluding hydrogens is 294 g/mol. The average molecular weight is 315 g/mol. The van der Waals surface area contributed by atoms with E-state index in [9.17, 15) is 9.90 Å². The van der Waals surface area contributed by atoms with Gasteiger partial charge in [-0.2, -0.15) is 5.10 Å². The van der Waals surface area contributed by atoms with Gasteiger partial charge in [-0.05, 0) is 25.0 Å². The molecule has 1 aromatic heterocycles. The molecule has 0 radical (unpaired) electrons. The number of para-hydroxylation sites is 1. The van der Waals surface area contributed by atoms with Crippen molar-refractivity contribution in [3.63, 3.8) is 0 Å². The zero-order valence-corrected chi connectivity index (χ0v) is 13.3. The average Bonchev–Trinajstić information content (AvgIpc) is 2.99. The molecule has 1 aromatic carbocycles. The summed E-state index contributed by atoms with van der Waals surface area (Å²) in [6.07, 6.45) is 4.00. The molecule has 1 aliphatic heterocycles. The van der Waals surface area contributed by atoms with Crippen molar-refractivity contribution < 1.29 is 14.6 Å². The van der Waals surface area contributed by atoms with Crippen LogP contribution in [0.15, 0.2) is 36.7 Å². The van der Waals surface area contributed by atoms with Crippen LogP contribution < -0.4 is 10.1 Å². The van der Waals surface area contributed by atoms with Crippen molar-refractivity contribution in [2.75, 3.05) is 13.2 Å². The first-order valence-electron chi connectivity index (χ1n) is 7.65. The molecule has 6 heteroatoms. The number of hydrogen-bond donors (Lipinski definition) is 2. The van der Waals surface area contributed by atoms with Crippen LogP contribution in [0.1, 0.15) is 18.1 Å². The second kappa shape index (κ2) is 6.04. The van der Waals surface area contributed by atoms with E-state index in [2.05, 4.69) is 10.4 Å². The number of aromatic nitrogens is 2. The van der Waals surface area contributed by atoms with E-state index < -0.39 is 5.60 Å². The lowest BCUT2D eigenvalue weighted by Gasteiger charge is -2.27. The van der Waals surface area contributed by atoms with E-state index in [4.69, 9.17) is 4.74 Å². The molecule has 1 aliphatic rings. The Morgan fingerprint density at radius 2 is 2.30 bits per heavy atom.